The lowest BCUT2D eigenvalue weighted by Crippen LogP contribution is -2.30. The zero-order chi connectivity index (χ0) is 14.7. The van der Waals surface area contributed by atoms with Crippen molar-refractivity contribution >= 4 is 17.8 Å². The maximum Gasteiger partial charge on any atom is 0.231 e. The van der Waals surface area contributed by atoms with E-state index in [0.29, 0.717) is 17.3 Å². The van der Waals surface area contributed by atoms with Gasteiger partial charge in [0, 0.05) is 19.6 Å². The van der Waals surface area contributed by atoms with E-state index in [0.717, 1.165) is 25.6 Å². The van der Waals surface area contributed by atoms with Crippen LogP contribution in [-0.2, 0) is 0 Å². The molecule has 0 amide bonds. The van der Waals surface area contributed by atoms with Crippen LogP contribution in [-0.4, -0.2) is 34.6 Å². The van der Waals surface area contributed by atoms with Crippen molar-refractivity contribution in [3.63, 3.8) is 0 Å². The van der Waals surface area contributed by atoms with E-state index < -0.39 is 0 Å². The van der Waals surface area contributed by atoms with Crippen LogP contribution in [0.1, 0.15) is 51.9 Å². The van der Waals surface area contributed by atoms with Crippen LogP contribution in [0.3, 0.4) is 0 Å². The van der Waals surface area contributed by atoms with Crippen molar-refractivity contribution in [3.8, 4) is 0 Å². The first kappa shape index (κ1) is 14.4. The lowest BCUT2D eigenvalue weighted by Gasteiger charge is -2.33. The van der Waals surface area contributed by atoms with Crippen LogP contribution in [0.2, 0.25) is 0 Å². The molecule has 2 heterocycles. The van der Waals surface area contributed by atoms with Gasteiger partial charge in [-0.25, -0.2) is 0 Å². The van der Waals surface area contributed by atoms with Crippen LogP contribution >= 0.6 is 0 Å². The first-order valence-electron chi connectivity index (χ1n) is 8.15. The van der Waals surface area contributed by atoms with E-state index in [2.05, 4.69) is 32.1 Å². The molecule has 1 aromatic heterocycles. The van der Waals surface area contributed by atoms with Crippen LogP contribution in [0.25, 0.3) is 0 Å². The Bertz CT molecular complexity index is 477. The number of hydrogen-bond acceptors (Lipinski definition) is 6. The minimum absolute atomic E-state index is 0.309. The highest BCUT2D eigenvalue weighted by Gasteiger charge is 2.27. The van der Waals surface area contributed by atoms with Crippen molar-refractivity contribution < 1.29 is 0 Å². The Morgan fingerprint density at radius 1 is 1.05 bits per heavy atom. The summed E-state index contributed by atoms with van der Waals surface area (Å²) in [5.74, 6) is 1.65. The molecule has 1 aliphatic carbocycles. The Labute approximate surface area is 126 Å². The standard InChI is InChI=1S/C15H26N6/c1-15(7-3-2-4-8-15)11-17-13-18-12(16)19-14(20-13)21-9-5-6-10-21/h2-11H2,1H3,(H3,16,17,18,19,20). The molecule has 0 bridgehead atoms. The number of aromatic nitrogens is 3. The third kappa shape index (κ3) is 3.54. The van der Waals surface area contributed by atoms with Crippen molar-refractivity contribution in [3.05, 3.63) is 0 Å². The Kier molecular flexibility index (Phi) is 4.12. The molecule has 1 aliphatic heterocycles. The molecule has 0 aromatic carbocycles. The van der Waals surface area contributed by atoms with Gasteiger partial charge in [0.2, 0.25) is 17.8 Å². The molecule has 0 atom stereocenters. The van der Waals surface area contributed by atoms with E-state index in [9.17, 15) is 0 Å². The smallest absolute Gasteiger partial charge is 0.231 e. The normalized spacial score (nSPS) is 21.5. The lowest BCUT2D eigenvalue weighted by molar-refractivity contribution is 0.233. The predicted molar refractivity (Wildman–Crippen MR) is 85.4 cm³/mol. The minimum Gasteiger partial charge on any atom is -0.368 e. The van der Waals surface area contributed by atoms with Gasteiger partial charge >= 0.3 is 0 Å². The summed E-state index contributed by atoms with van der Waals surface area (Å²) in [4.78, 5) is 15.2. The van der Waals surface area contributed by atoms with Gasteiger partial charge in [-0.05, 0) is 31.1 Å². The maximum atomic E-state index is 5.84. The summed E-state index contributed by atoms with van der Waals surface area (Å²) in [5.41, 5.74) is 6.19. The highest BCUT2D eigenvalue weighted by Crippen LogP contribution is 2.35. The second-order valence-corrected chi connectivity index (χ2v) is 6.74. The summed E-state index contributed by atoms with van der Waals surface area (Å²) in [6.45, 7) is 5.29. The molecule has 1 aromatic rings. The molecule has 6 heteroatoms. The van der Waals surface area contributed by atoms with Gasteiger partial charge in [-0.3, -0.25) is 0 Å². The van der Waals surface area contributed by atoms with E-state index in [1.54, 1.807) is 0 Å². The Morgan fingerprint density at radius 3 is 2.48 bits per heavy atom. The zero-order valence-corrected chi connectivity index (χ0v) is 12.9. The molecule has 0 unspecified atom stereocenters. The number of nitrogens with zero attached hydrogens (tertiary/aromatic N) is 4. The summed E-state index contributed by atoms with van der Waals surface area (Å²) in [6.07, 6.45) is 8.98. The van der Waals surface area contributed by atoms with Crippen LogP contribution < -0.4 is 16.0 Å². The van der Waals surface area contributed by atoms with Gasteiger partial charge in [0.05, 0.1) is 0 Å². The second kappa shape index (κ2) is 6.03. The summed E-state index contributed by atoms with van der Waals surface area (Å²) in [6, 6.07) is 0. The SMILES string of the molecule is CC1(CNc2nc(N)nc(N3CCCC3)n2)CCCCC1. The van der Waals surface area contributed by atoms with Gasteiger partial charge in [0.25, 0.3) is 0 Å². The van der Waals surface area contributed by atoms with Crippen molar-refractivity contribution in [1.82, 2.24) is 15.0 Å². The van der Waals surface area contributed by atoms with Crippen molar-refractivity contribution in [2.45, 2.75) is 51.9 Å². The Balaban J connectivity index is 1.67. The molecule has 2 aliphatic rings. The monoisotopic (exact) mass is 290 g/mol. The summed E-state index contributed by atoms with van der Waals surface area (Å²) in [5, 5.41) is 3.39. The van der Waals surface area contributed by atoms with E-state index in [1.165, 1.54) is 44.9 Å². The molecule has 1 saturated heterocycles. The summed E-state index contributed by atoms with van der Waals surface area (Å²) < 4.78 is 0. The van der Waals surface area contributed by atoms with Crippen molar-refractivity contribution in [1.29, 1.82) is 0 Å². The minimum atomic E-state index is 0.309. The van der Waals surface area contributed by atoms with Gasteiger partial charge < -0.3 is 16.0 Å². The topological polar surface area (TPSA) is 80.0 Å². The first-order chi connectivity index (χ1) is 10.1. The highest BCUT2D eigenvalue weighted by atomic mass is 15.3. The van der Waals surface area contributed by atoms with Gasteiger partial charge in [-0.1, -0.05) is 26.2 Å². The van der Waals surface area contributed by atoms with E-state index in [4.69, 9.17) is 5.73 Å². The molecule has 6 nitrogen and oxygen atoms in total. The Hall–Kier alpha value is -1.59. The molecular formula is C15H26N6. The fourth-order valence-corrected chi connectivity index (χ4v) is 3.39. The quantitative estimate of drug-likeness (QED) is 0.886. The van der Waals surface area contributed by atoms with Gasteiger partial charge in [0.15, 0.2) is 0 Å². The number of nitrogen functional groups attached to an aromatic ring is 1. The third-order valence-electron chi connectivity index (χ3n) is 4.76. The molecule has 2 fully saturated rings. The van der Waals surface area contributed by atoms with Crippen LogP contribution in [0.5, 0.6) is 0 Å². The molecule has 1 saturated carbocycles. The fraction of sp³-hybridized carbons (Fsp3) is 0.800. The van der Waals surface area contributed by atoms with Gasteiger partial charge in [-0.15, -0.1) is 0 Å². The average Bonchev–Trinajstić information content (AvgIpc) is 3.00. The molecule has 3 rings (SSSR count). The van der Waals surface area contributed by atoms with E-state index in [-0.39, 0.29) is 0 Å². The van der Waals surface area contributed by atoms with Crippen molar-refractivity contribution in [2.24, 2.45) is 5.41 Å². The van der Waals surface area contributed by atoms with Crippen LogP contribution in [0, 0.1) is 5.41 Å². The lowest BCUT2D eigenvalue weighted by atomic mass is 9.76. The molecule has 0 radical (unpaired) electrons. The average molecular weight is 290 g/mol. The summed E-state index contributed by atoms with van der Waals surface area (Å²) >= 11 is 0. The number of rotatable bonds is 4. The van der Waals surface area contributed by atoms with Crippen molar-refractivity contribution in [2.75, 3.05) is 35.6 Å². The predicted octanol–water partition coefficient (Wildman–Crippen LogP) is 2.44. The molecule has 0 spiro atoms. The third-order valence-corrected chi connectivity index (χ3v) is 4.76. The van der Waals surface area contributed by atoms with E-state index in [1.807, 2.05) is 0 Å². The number of nitrogens with two attached hydrogens (primary N) is 1. The number of hydrogen-bond donors (Lipinski definition) is 2. The van der Waals surface area contributed by atoms with Crippen LogP contribution in [0.4, 0.5) is 17.8 Å². The molecular weight excluding hydrogens is 264 g/mol. The molecule has 116 valence electrons. The highest BCUT2D eigenvalue weighted by molar-refractivity contribution is 5.42. The zero-order valence-electron chi connectivity index (χ0n) is 12.9. The van der Waals surface area contributed by atoms with Crippen LogP contribution in [0.15, 0.2) is 0 Å². The maximum absolute atomic E-state index is 5.84. The van der Waals surface area contributed by atoms with E-state index >= 15 is 0 Å². The first-order valence-corrected chi connectivity index (χ1v) is 8.15. The number of anilines is 3. The van der Waals surface area contributed by atoms with Gasteiger partial charge in [0.1, 0.15) is 0 Å². The molecule has 21 heavy (non-hydrogen) atoms. The fourth-order valence-electron chi connectivity index (χ4n) is 3.39. The molecule has 3 N–H and O–H groups in total. The van der Waals surface area contributed by atoms with Gasteiger partial charge in [-0.2, -0.15) is 15.0 Å². The largest absolute Gasteiger partial charge is 0.368 e. The Morgan fingerprint density at radius 2 is 1.76 bits per heavy atom. The summed E-state index contributed by atoms with van der Waals surface area (Å²) in [7, 11) is 0. The number of nitrogens with one attached hydrogen (secondary N) is 1. The second-order valence-electron chi connectivity index (χ2n) is 6.74.